The summed E-state index contributed by atoms with van der Waals surface area (Å²) in [6.07, 6.45) is 1.93. The van der Waals surface area contributed by atoms with E-state index < -0.39 is 10.0 Å². The first-order chi connectivity index (χ1) is 8.95. The molecule has 1 saturated heterocycles. The lowest BCUT2D eigenvalue weighted by Gasteiger charge is -2.31. The Balaban J connectivity index is 2.28. The van der Waals surface area contributed by atoms with Gasteiger partial charge in [0.15, 0.2) is 0 Å². The molecule has 1 aromatic rings. The van der Waals surface area contributed by atoms with Crippen molar-refractivity contribution >= 4 is 26.0 Å². The molecular weight excluding hydrogens is 328 g/mol. The number of hydrogen-bond acceptors (Lipinski definition) is 3. The van der Waals surface area contributed by atoms with Crippen LogP contribution < -0.4 is 5.32 Å². The minimum atomic E-state index is -3.38. The van der Waals surface area contributed by atoms with Gasteiger partial charge in [-0.2, -0.15) is 4.31 Å². The molecule has 1 aliphatic heterocycles. The third-order valence-electron chi connectivity index (χ3n) is 3.57. The second-order valence-electron chi connectivity index (χ2n) is 4.90. The van der Waals surface area contributed by atoms with Gasteiger partial charge in [0.2, 0.25) is 10.0 Å². The van der Waals surface area contributed by atoms with E-state index in [1.54, 1.807) is 16.4 Å². The molecule has 1 N–H and O–H groups in total. The van der Waals surface area contributed by atoms with Crippen LogP contribution in [0.4, 0.5) is 0 Å². The SMILES string of the molecule is CNC1CCCN(S(=O)(=O)c2ccc(C)c(Br)c2)C1. The topological polar surface area (TPSA) is 49.4 Å². The molecule has 19 heavy (non-hydrogen) atoms. The van der Waals surface area contributed by atoms with Crippen molar-refractivity contribution in [2.75, 3.05) is 20.1 Å². The van der Waals surface area contributed by atoms with Gasteiger partial charge in [0, 0.05) is 23.6 Å². The lowest BCUT2D eigenvalue weighted by Crippen LogP contribution is -2.46. The van der Waals surface area contributed by atoms with Crippen LogP contribution in [0.5, 0.6) is 0 Å². The van der Waals surface area contributed by atoms with Crippen molar-refractivity contribution in [3.8, 4) is 0 Å². The van der Waals surface area contributed by atoms with Gasteiger partial charge in [0.25, 0.3) is 0 Å². The quantitative estimate of drug-likeness (QED) is 0.911. The lowest BCUT2D eigenvalue weighted by molar-refractivity contribution is 0.293. The van der Waals surface area contributed by atoms with Gasteiger partial charge in [0.05, 0.1) is 4.90 Å². The smallest absolute Gasteiger partial charge is 0.243 e. The average Bonchev–Trinajstić information content (AvgIpc) is 2.41. The molecule has 1 unspecified atom stereocenters. The highest BCUT2D eigenvalue weighted by Gasteiger charge is 2.29. The number of piperidine rings is 1. The van der Waals surface area contributed by atoms with Gasteiger partial charge in [-0.3, -0.25) is 0 Å². The lowest BCUT2D eigenvalue weighted by atomic mass is 10.1. The maximum absolute atomic E-state index is 12.6. The van der Waals surface area contributed by atoms with Crippen LogP contribution in [-0.4, -0.2) is 38.9 Å². The normalized spacial score (nSPS) is 21.5. The number of aryl methyl sites for hydroxylation is 1. The van der Waals surface area contributed by atoms with E-state index >= 15 is 0 Å². The van der Waals surface area contributed by atoms with E-state index in [2.05, 4.69) is 21.2 Å². The van der Waals surface area contributed by atoms with Crippen molar-refractivity contribution in [2.45, 2.75) is 30.7 Å². The number of sulfonamides is 1. The Morgan fingerprint density at radius 1 is 1.42 bits per heavy atom. The van der Waals surface area contributed by atoms with Gasteiger partial charge in [-0.25, -0.2) is 8.42 Å². The zero-order valence-corrected chi connectivity index (χ0v) is 13.6. The maximum Gasteiger partial charge on any atom is 0.243 e. The summed E-state index contributed by atoms with van der Waals surface area (Å²) in [5.41, 5.74) is 1.03. The molecule has 106 valence electrons. The molecule has 1 fully saturated rings. The van der Waals surface area contributed by atoms with Crippen molar-refractivity contribution in [3.63, 3.8) is 0 Å². The molecular formula is C13H19BrN2O2S. The van der Waals surface area contributed by atoms with Gasteiger partial charge >= 0.3 is 0 Å². The average molecular weight is 347 g/mol. The summed E-state index contributed by atoms with van der Waals surface area (Å²) in [6.45, 7) is 3.09. The van der Waals surface area contributed by atoms with Gasteiger partial charge < -0.3 is 5.32 Å². The van der Waals surface area contributed by atoms with Gasteiger partial charge in [0.1, 0.15) is 0 Å². The van der Waals surface area contributed by atoms with Crippen LogP contribution in [0.1, 0.15) is 18.4 Å². The van der Waals surface area contributed by atoms with E-state index in [4.69, 9.17) is 0 Å². The first kappa shape index (κ1) is 15.0. The molecule has 4 nitrogen and oxygen atoms in total. The maximum atomic E-state index is 12.6. The minimum Gasteiger partial charge on any atom is -0.316 e. The molecule has 0 radical (unpaired) electrons. The van der Waals surface area contributed by atoms with E-state index in [0.29, 0.717) is 18.0 Å². The Hall–Kier alpha value is -0.430. The summed E-state index contributed by atoms with van der Waals surface area (Å²) in [5, 5.41) is 3.16. The summed E-state index contributed by atoms with van der Waals surface area (Å²) in [7, 11) is -1.50. The van der Waals surface area contributed by atoms with Crippen LogP contribution in [0.2, 0.25) is 0 Å². The molecule has 0 aliphatic carbocycles. The molecule has 1 aromatic carbocycles. The molecule has 0 saturated carbocycles. The van der Waals surface area contributed by atoms with E-state index in [1.165, 1.54) is 0 Å². The van der Waals surface area contributed by atoms with E-state index in [-0.39, 0.29) is 6.04 Å². The monoisotopic (exact) mass is 346 g/mol. The third kappa shape index (κ3) is 3.18. The zero-order valence-electron chi connectivity index (χ0n) is 11.2. The molecule has 1 atom stereocenters. The van der Waals surface area contributed by atoms with Crippen LogP contribution >= 0.6 is 15.9 Å². The van der Waals surface area contributed by atoms with Crippen molar-refractivity contribution in [1.29, 1.82) is 0 Å². The van der Waals surface area contributed by atoms with Gasteiger partial charge in [-0.1, -0.05) is 22.0 Å². The second-order valence-corrected chi connectivity index (χ2v) is 7.69. The Bertz CT molecular complexity index is 560. The van der Waals surface area contributed by atoms with Crippen molar-refractivity contribution in [2.24, 2.45) is 0 Å². The predicted octanol–water partition coefficient (Wildman–Crippen LogP) is 2.13. The fourth-order valence-electron chi connectivity index (χ4n) is 2.28. The van der Waals surface area contributed by atoms with Crippen molar-refractivity contribution < 1.29 is 8.42 Å². The third-order valence-corrected chi connectivity index (χ3v) is 6.29. The largest absolute Gasteiger partial charge is 0.316 e. The molecule has 1 heterocycles. The molecule has 6 heteroatoms. The highest BCUT2D eigenvalue weighted by atomic mass is 79.9. The van der Waals surface area contributed by atoms with Gasteiger partial charge in [-0.15, -0.1) is 0 Å². The Labute approximate surface area is 123 Å². The number of rotatable bonds is 3. The number of hydrogen-bond donors (Lipinski definition) is 1. The van der Waals surface area contributed by atoms with E-state index in [0.717, 1.165) is 22.9 Å². The number of benzene rings is 1. The highest BCUT2D eigenvalue weighted by Crippen LogP contribution is 2.25. The number of nitrogens with one attached hydrogen (secondary N) is 1. The summed E-state index contributed by atoms with van der Waals surface area (Å²) in [5.74, 6) is 0. The molecule has 0 amide bonds. The molecule has 1 aliphatic rings. The number of nitrogens with zero attached hydrogens (tertiary/aromatic N) is 1. The first-order valence-electron chi connectivity index (χ1n) is 6.38. The van der Waals surface area contributed by atoms with Crippen LogP contribution in [0, 0.1) is 6.92 Å². The molecule has 2 rings (SSSR count). The number of halogens is 1. The fraction of sp³-hybridized carbons (Fsp3) is 0.538. The van der Waals surface area contributed by atoms with Gasteiger partial charge in [-0.05, 0) is 44.5 Å². The first-order valence-corrected chi connectivity index (χ1v) is 8.62. The van der Waals surface area contributed by atoms with Crippen LogP contribution in [0.3, 0.4) is 0 Å². The van der Waals surface area contributed by atoms with Crippen LogP contribution in [-0.2, 0) is 10.0 Å². The number of likely N-dealkylation sites (N-methyl/N-ethyl adjacent to an activating group) is 1. The summed E-state index contributed by atoms with van der Waals surface area (Å²) in [6, 6.07) is 5.44. The van der Waals surface area contributed by atoms with Crippen LogP contribution in [0.25, 0.3) is 0 Å². The highest BCUT2D eigenvalue weighted by molar-refractivity contribution is 9.10. The van der Waals surface area contributed by atoms with Crippen molar-refractivity contribution in [1.82, 2.24) is 9.62 Å². The zero-order chi connectivity index (χ0) is 14.0. The van der Waals surface area contributed by atoms with E-state index in [1.807, 2.05) is 20.0 Å². The molecule has 0 spiro atoms. The standard InChI is InChI=1S/C13H19BrN2O2S/c1-10-5-6-12(8-13(10)14)19(17,18)16-7-3-4-11(9-16)15-2/h5-6,8,11,15H,3-4,7,9H2,1-2H3. The molecule has 0 aromatic heterocycles. The van der Waals surface area contributed by atoms with Crippen LogP contribution in [0.15, 0.2) is 27.6 Å². The molecule has 0 bridgehead atoms. The second kappa shape index (κ2) is 5.91. The summed E-state index contributed by atoms with van der Waals surface area (Å²) < 4.78 is 27.6. The summed E-state index contributed by atoms with van der Waals surface area (Å²) in [4.78, 5) is 0.363. The predicted molar refractivity (Wildman–Crippen MR) is 79.7 cm³/mol. The Morgan fingerprint density at radius 2 is 2.16 bits per heavy atom. The van der Waals surface area contributed by atoms with E-state index in [9.17, 15) is 8.42 Å². The Morgan fingerprint density at radius 3 is 2.79 bits per heavy atom. The summed E-state index contributed by atoms with van der Waals surface area (Å²) >= 11 is 3.39. The Kier molecular flexibility index (Phi) is 4.66. The minimum absolute atomic E-state index is 0.248. The fourth-order valence-corrected chi connectivity index (χ4v) is 4.36. The van der Waals surface area contributed by atoms with Crippen molar-refractivity contribution in [3.05, 3.63) is 28.2 Å².